The van der Waals surface area contributed by atoms with Crippen molar-refractivity contribution in [1.82, 2.24) is 0 Å². The maximum atomic E-state index is 13.5. The van der Waals surface area contributed by atoms with Crippen LogP contribution in [0, 0.1) is 18.6 Å². The Morgan fingerprint density at radius 3 is 2.70 bits per heavy atom. The summed E-state index contributed by atoms with van der Waals surface area (Å²) in [6, 6.07) is 9.27. The summed E-state index contributed by atoms with van der Waals surface area (Å²) in [5.74, 6) is -1.24. The molecule has 2 aromatic rings. The smallest absolute Gasteiger partial charge is 0.165 e. The topological polar surface area (TPSA) is 35.2 Å². The summed E-state index contributed by atoms with van der Waals surface area (Å²) < 4.78 is 32.1. The summed E-state index contributed by atoms with van der Waals surface area (Å²) >= 11 is 4.89. The SMILES string of the molecule is Cc1ccc(C(N)=S)cc1OCc1cccc(F)c1F. The lowest BCUT2D eigenvalue weighted by Gasteiger charge is -2.11. The molecular formula is C15H13F2NOS. The Labute approximate surface area is 121 Å². The molecule has 0 atom stereocenters. The van der Waals surface area contributed by atoms with E-state index in [2.05, 4.69) is 0 Å². The van der Waals surface area contributed by atoms with Crippen molar-refractivity contribution >= 4 is 17.2 Å². The monoisotopic (exact) mass is 293 g/mol. The van der Waals surface area contributed by atoms with Gasteiger partial charge >= 0.3 is 0 Å². The number of thiocarbonyl (C=S) groups is 1. The molecular weight excluding hydrogens is 280 g/mol. The Kier molecular flexibility index (Phi) is 4.29. The fraction of sp³-hybridized carbons (Fsp3) is 0.133. The van der Waals surface area contributed by atoms with Crippen LogP contribution < -0.4 is 10.5 Å². The molecule has 0 aliphatic heterocycles. The molecule has 0 spiro atoms. The van der Waals surface area contributed by atoms with Crippen molar-refractivity contribution in [3.8, 4) is 5.75 Å². The Balaban J connectivity index is 2.20. The number of hydrogen-bond acceptors (Lipinski definition) is 2. The summed E-state index contributed by atoms with van der Waals surface area (Å²) in [5, 5.41) is 0. The predicted octanol–water partition coefficient (Wildman–Crippen LogP) is 3.49. The molecule has 0 aromatic heterocycles. The molecule has 104 valence electrons. The molecule has 2 aromatic carbocycles. The number of rotatable bonds is 4. The lowest BCUT2D eigenvalue weighted by Crippen LogP contribution is -2.10. The first-order chi connectivity index (χ1) is 9.49. The Morgan fingerprint density at radius 1 is 1.25 bits per heavy atom. The van der Waals surface area contributed by atoms with Gasteiger partial charge in [-0.15, -0.1) is 0 Å². The maximum Gasteiger partial charge on any atom is 0.165 e. The fourth-order valence-electron chi connectivity index (χ4n) is 1.72. The van der Waals surface area contributed by atoms with Crippen molar-refractivity contribution in [3.63, 3.8) is 0 Å². The molecule has 5 heteroatoms. The highest BCUT2D eigenvalue weighted by Crippen LogP contribution is 2.22. The highest BCUT2D eigenvalue weighted by atomic mass is 32.1. The molecule has 0 bridgehead atoms. The van der Waals surface area contributed by atoms with E-state index in [0.717, 1.165) is 11.6 Å². The third-order valence-corrected chi connectivity index (χ3v) is 3.12. The zero-order chi connectivity index (χ0) is 14.7. The molecule has 0 fully saturated rings. The van der Waals surface area contributed by atoms with Crippen molar-refractivity contribution in [3.05, 3.63) is 64.7 Å². The van der Waals surface area contributed by atoms with E-state index in [1.807, 2.05) is 13.0 Å². The second kappa shape index (κ2) is 5.96. The lowest BCUT2D eigenvalue weighted by atomic mass is 10.1. The molecule has 0 aliphatic rings. The zero-order valence-corrected chi connectivity index (χ0v) is 11.6. The molecule has 2 nitrogen and oxygen atoms in total. The van der Waals surface area contributed by atoms with E-state index in [9.17, 15) is 8.78 Å². The Morgan fingerprint density at radius 2 is 2.00 bits per heavy atom. The first-order valence-electron chi connectivity index (χ1n) is 5.95. The van der Waals surface area contributed by atoms with Crippen LogP contribution in [0.1, 0.15) is 16.7 Å². The minimum absolute atomic E-state index is 0.0643. The van der Waals surface area contributed by atoms with Gasteiger partial charge in [0, 0.05) is 11.1 Å². The second-order valence-corrected chi connectivity index (χ2v) is 4.79. The van der Waals surface area contributed by atoms with E-state index in [-0.39, 0.29) is 17.2 Å². The average Bonchev–Trinajstić information content (AvgIpc) is 2.41. The van der Waals surface area contributed by atoms with Gasteiger partial charge in [0.15, 0.2) is 11.6 Å². The normalized spacial score (nSPS) is 10.3. The van der Waals surface area contributed by atoms with E-state index in [0.29, 0.717) is 11.3 Å². The first kappa shape index (κ1) is 14.4. The van der Waals surface area contributed by atoms with Crippen LogP contribution in [-0.2, 0) is 6.61 Å². The van der Waals surface area contributed by atoms with Gasteiger partial charge in [-0.3, -0.25) is 0 Å². The van der Waals surface area contributed by atoms with Crippen LogP contribution >= 0.6 is 12.2 Å². The van der Waals surface area contributed by atoms with Crippen LogP contribution in [0.25, 0.3) is 0 Å². The maximum absolute atomic E-state index is 13.5. The van der Waals surface area contributed by atoms with E-state index in [4.69, 9.17) is 22.7 Å². The number of halogens is 2. The molecule has 2 N–H and O–H groups in total. The van der Waals surface area contributed by atoms with Crippen molar-refractivity contribution in [1.29, 1.82) is 0 Å². The standard InChI is InChI=1S/C15H13F2NOS/c1-9-5-6-10(15(18)20)7-13(9)19-8-11-3-2-4-12(16)14(11)17/h2-7H,8H2,1H3,(H2,18,20). The second-order valence-electron chi connectivity index (χ2n) is 4.35. The third-order valence-electron chi connectivity index (χ3n) is 2.89. The van der Waals surface area contributed by atoms with Crippen LogP contribution in [0.4, 0.5) is 8.78 Å². The van der Waals surface area contributed by atoms with E-state index < -0.39 is 11.6 Å². The van der Waals surface area contributed by atoms with Crippen molar-refractivity contribution in [2.24, 2.45) is 5.73 Å². The average molecular weight is 293 g/mol. The van der Waals surface area contributed by atoms with Gasteiger partial charge in [0.1, 0.15) is 17.3 Å². The molecule has 2 rings (SSSR count). The van der Waals surface area contributed by atoms with Crippen molar-refractivity contribution in [2.45, 2.75) is 13.5 Å². The molecule has 0 unspecified atom stereocenters. The largest absolute Gasteiger partial charge is 0.489 e. The van der Waals surface area contributed by atoms with Gasteiger partial charge in [-0.25, -0.2) is 8.78 Å². The van der Waals surface area contributed by atoms with Gasteiger partial charge in [-0.05, 0) is 24.6 Å². The number of hydrogen-bond donors (Lipinski definition) is 1. The van der Waals surface area contributed by atoms with Crippen LogP contribution in [0.2, 0.25) is 0 Å². The minimum atomic E-state index is -0.893. The van der Waals surface area contributed by atoms with Gasteiger partial charge in [-0.2, -0.15) is 0 Å². The highest BCUT2D eigenvalue weighted by molar-refractivity contribution is 7.80. The Hall–Kier alpha value is -2.01. The molecule has 0 aliphatic carbocycles. The predicted molar refractivity (Wildman–Crippen MR) is 77.8 cm³/mol. The summed E-state index contributed by atoms with van der Waals surface area (Å²) in [7, 11) is 0. The molecule has 20 heavy (non-hydrogen) atoms. The Bertz CT molecular complexity index is 658. The number of benzene rings is 2. The molecule has 0 heterocycles. The molecule has 0 saturated heterocycles. The number of aryl methyl sites for hydroxylation is 1. The summed E-state index contributed by atoms with van der Waals surface area (Å²) in [6.45, 7) is 1.78. The van der Waals surface area contributed by atoms with E-state index in [1.165, 1.54) is 12.1 Å². The minimum Gasteiger partial charge on any atom is -0.489 e. The number of ether oxygens (including phenoxy) is 1. The molecule has 0 amide bonds. The van der Waals surface area contributed by atoms with Gasteiger partial charge in [0.25, 0.3) is 0 Å². The van der Waals surface area contributed by atoms with Gasteiger partial charge in [-0.1, -0.05) is 36.5 Å². The van der Waals surface area contributed by atoms with E-state index >= 15 is 0 Å². The van der Waals surface area contributed by atoms with Crippen LogP contribution in [0.15, 0.2) is 36.4 Å². The quantitative estimate of drug-likeness (QED) is 0.877. The van der Waals surface area contributed by atoms with Gasteiger partial charge < -0.3 is 10.5 Å². The van der Waals surface area contributed by atoms with Crippen LogP contribution in [0.5, 0.6) is 5.75 Å². The van der Waals surface area contributed by atoms with Crippen molar-refractivity contribution in [2.75, 3.05) is 0 Å². The molecule has 0 saturated carbocycles. The first-order valence-corrected chi connectivity index (χ1v) is 6.36. The number of nitrogens with two attached hydrogens (primary N) is 1. The third kappa shape index (κ3) is 3.11. The van der Waals surface area contributed by atoms with Gasteiger partial charge in [0.05, 0.1) is 0 Å². The fourth-order valence-corrected chi connectivity index (χ4v) is 1.85. The summed E-state index contributed by atoms with van der Waals surface area (Å²) in [6.07, 6.45) is 0. The van der Waals surface area contributed by atoms with Crippen LogP contribution in [-0.4, -0.2) is 4.99 Å². The van der Waals surface area contributed by atoms with E-state index in [1.54, 1.807) is 12.1 Å². The van der Waals surface area contributed by atoms with Crippen molar-refractivity contribution < 1.29 is 13.5 Å². The summed E-state index contributed by atoms with van der Waals surface area (Å²) in [4.78, 5) is 0.256. The lowest BCUT2D eigenvalue weighted by molar-refractivity contribution is 0.295. The van der Waals surface area contributed by atoms with Crippen LogP contribution in [0.3, 0.4) is 0 Å². The highest BCUT2D eigenvalue weighted by Gasteiger charge is 2.09. The zero-order valence-electron chi connectivity index (χ0n) is 10.8. The summed E-state index contributed by atoms with van der Waals surface area (Å²) in [5.41, 5.74) is 7.24. The van der Waals surface area contributed by atoms with Gasteiger partial charge in [0.2, 0.25) is 0 Å². The molecule has 0 radical (unpaired) electrons.